The van der Waals surface area contributed by atoms with Gasteiger partial charge in [0.05, 0.1) is 11.0 Å². The zero-order chi connectivity index (χ0) is 21.4. The minimum atomic E-state index is -0.186. The van der Waals surface area contributed by atoms with E-state index in [-0.39, 0.29) is 17.6 Å². The number of fused-ring (bicyclic) bond motifs is 1. The van der Waals surface area contributed by atoms with Gasteiger partial charge in [0.25, 0.3) is 0 Å². The Morgan fingerprint density at radius 2 is 1.90 bits per heavy atom. The fourth-order valence-corrected chi connectivity index (χ4v) is 3.85. The van der Waals surface area contributed by atoms with Crippen molar-refractivity contribution in [2.45, 2.75) is 12.3 Å². The number of ketones is 1. The molecule has 2 aromatic heterocycles. The van der Waals surface area contributed by atoms with Crippen molar-refractivity contribution in [1.29, 1.82) is 0 Å². The van der Waals surface area contributed by atoms with Gasteiger partial charge in [-0.3, -0.25) is 9.59 Å². The highest BCUT2D eigenvalue weighted by molar-refractivity contribution is 6.08. The van der Waals surface area contributed by atoms with Crippen LogP contribution in [0.2, 0.25) is 0 Å². The zero-order valence-electron chi connectivity index (χ0n) is 16.9. The molecular weight excluding hydrogens is 392 g/mol. The largest absolute Gasteiger partial charge is 0.439 e. The van der Waals surface area contributed by atoms with E-state index in [0.717, 1.165) is 16.6 Å². The van der Waals surface area contributed by atoms with E-state index in [1.54, 1.807) is 42.4 Å². The summed E-state index contributed by atoms with van der Waals surface area (Å²) in [5.41, 5.74) is 2.99. The summed E-state index contributed by atoms with van der Waals surface area (Å²) in [6.45, 7) is 0.645. The van der Waals surface area contributed by atoms with E-state index in [1.165, 1.54) is 0 Å². The number of pyridine rings is 1. The first-order chi connectivity index (χ1) is 15.1. The second kappa shape index (κ2) is 7.68. The maximum Gasteiger partial charge on any atom is 0.228 e. The molecule has 0 saturated carbocycles. The Bertz CT molecular complexity index is 1250. The van der Waals surface area contributed by atoms with Gasteiger partial charge in [-0.2, -0.15) is 0 Å². The van der Waals surface area contributed by atoms with Crippen molar-refractivity contribution < 1.29 is 14.3 Å². The third-order valence-corrected chi connectivity index (χ3v) is 5.52. The summed E-state index contributed by atoms with van der Waals surface area (Å²) in [6.07, 6.45) is 2.11. The van der Waals surface area contributed by atoms with Crippen LogP contribution < -0.4 is 4.74 Å². The van der Waals surface area contributed by atoms with Crippen LogP contribution in [-0.2, 0) is 4.79 Å². The number of aromatic amines is 1. The van der Waals surface area contributed by atoms with E-state index in [4.69, 9.17) is 4.74 Å². The molecule has 1 atom stereocenters. The number of aromatic nitrogens is 3. The van der Waals surface area contributed by atoms with Gasteiger partial charge in [0, 0.05) is 43.3 Å². The van der Waals surface area contributed by atoms with E-state index < -0.39 is 0 Å². The minimum absolute atomic E-state index is 0.0511. The number of nitrogens with zero attached hydrogens (tertiary/aromatic N) is 3. The van der Waals surface area contributed by atoms with Crippen molar-refractivity contribution in [3.63, 3.8) is 0 Å². The van der Waals surface area contributed by atoms with E-state index in [1.807, 2.05) is 36.4 Å². The topological polar surface area (TPSA) is 88.2 Å². The first-order valence-corrected chi connectivity index (χ1v) is 10.0. The van der Waals surface area contributed by atoms with Gasteiger partial charge in [-0.05, 0) is 42.5 Å². The number of amides is 1. The zero-order valence-corrected chi connectivity index (χ0v) is 16.9. The standard InChI is InChI=1S/C24H20N4O3/c1-28-14-16(13-21(28)29)18-5-4-12-25-24(18)31-17-10-8-15(9-11-17)22(30)23-26-19-6-2-3-7-20(19)27-23/h2-12,16H,13-14H2,1H3,(H,26,27)/t16-/m0/s1. The molecule has 31 heavy (non-hydrogen) atoms. The number of rotatable bonds is 5. The number of hydrogen-bond donors (Lipinski definition) is 1. The average molecular weight is 412 g/mol. The maximum absolute atomic E-state index is 12.8. The fourth-order valence-electron chi connectivity index (χ4n) is 3.85. The summed E-state index contributed by atoms with van der Waals surface area (Å²) < 4.78 is 6.01. The molecule has 2 aromatic carbocycles. The smallest absolute Gasteiger partial charge is 0.228 e. The average Bonchev–Trinajstić information content (AvgIpc) is 3.37. The van der Waals surface area contributed by atoms with Crippen molar-refractivity contribution >= 4 is 22.7 Å². The molecule has 0 unspecified atom stereocenters. The van der Waals surface area contributed by atoms with Crippen molar-refractivity contribution in [3.05, 3.63) is 83.8 Å². The Hall–Kier alpha value is -4.00. The van der Waals surface area contributed by atoms with Crippen molar-refractivity contribution in [2.24, 2.45) is 0 Å². The van der Waals surface area contributed by atoms with Gasteiger partial charge in [-0.15, -0.1) is 0 Å². The van der Waals surface area contributed by atoms with Gasteiger partial charge in [0.1, 0.15) is 5.75 Å². The molecule has 0 radical (unpaired) electrons. The monoisotopic (exact) mass is 412 g/mol. The highest BCUT2D eigenvalue weighted by Gasteiger charge is 2.30. The molecule has 154 valence electrons. The molecule has 1 N–H and O–H groups in total. The number of H-pyrrole nitrogens is 1. The first-order valence-electron chi connectivity index (χ1n) is 10.0. The van der Waals surface area contributed by atoms with E-state index in [2.05, 4.69) is 15.0 Å². The molecule has 0 aliphatic carbocycles. The molecule has 1 saturated heterocycles. The van der Waals surface area contributed by atoms with Crippen LogP contribution in [-0.4, -0.2) is 45.1 Å². The predicted molar refractivity (Wildman–Crippen MR) is 115 cm³/mol. The van der Waals surface area contributed by atoms with Crippen molar-refractivity contribution in [3.8, 4) is 11.6 Å². The van der Waals surface area contributed by atoms with Crippen molar-refractivity contribution in [1.82, 2.24) is 19.9 Å². The Balaban J connectivity index is 1.35. The number of imidazole rings is 1. The SMILES string of the molecule is CN1C[C@@H](c2cccnc2Oc2ccc(C(=O)c3nc4ccccc4[nH]3)cc2)CC1=O. The van der Waals surface area contributed by atoms with Crippen LogP contribution in [0.3, 0.4) is 0 Å². The summed E-state index contributed by atoms with van der Waals surface area (Å²) >= 11 is 0. The third-order valence-electron chi connectivity index (χ3n) is 5.52. The second-order valence-electron chi connectivity index (χ2n) is 7.63. The molecule has 4 aromatic rings. The van der Waals surface area contributed by atoms with Gasteiger partial charge in [0.2, 0.25) is 17.6 Å². The summed E-state index contributed by atoms with van der Waals surface area (Å²) in [4.78, 5) is 38.2. The molecule has 1 fully saturated rings. The highest BCUT2D eigenvalue weighted by atomic mass is 16.5. The fraction of sp³-hybridized carbons (Fsp3) is 0.167. The molecule has 1 aliphatic rings. The van der Waals surface area contributed by atoms with Crippen LogP contribution in [0.5, 0.6) is 11.6 Å². The Labute approximate surface area is 178 Å². The number of likely N-dealkylation sites (N-methyl/N-ethyl adjacent to an activating group) is 1. The Kier molecular flexibility index (Phi) is 4.71. The molecule has 5 rings (SSSR count). The number of ether oxygens (including phenoxy) is 1. The number of para-hydroxylation sites is 2. The van der Waals surface area contributed by atoms with E-state index in [0.29, 0.717) is 36.0 Å². The summed E-state index contributed by atoms with van der Waals surface area (Å²) in [6, 6.07) is 18.2. The quantitative estimate of drug-likeness (QED) is 0.502. The van der Waals surface area contributed by atoms with E-state index >= 15 is 0 Å². The van der Waals surface area contributed by atoms with Gasteiger partial charge in [-0.25, -0.2) is 9.97 Å². The van der Waals surface area contributed by atoms with Gasteiger partial charge in [-0.1, -0.05) is 18.2 Å². The highest BCUT2D eigenvalue weighted by Crippen LogP contribution is 2.34. The number of benzene rings is 2. The van der Waals surface area contributed by atoms with Gasteiger partial charge >= 0.3 is 0 Å². The molecule has 7 nitrogen and oxygen atoms in total. The molecule has 0 bridgehead atoms. The lowest BCUT2D eigenvalue weighted by molar-refractivity contribution is -0.126. The van der Waals surface area contributed by atoms with E-state index in [9.17, 15) is 9.59 Å². The van der Waals surface area contributed by atoms with Crippen molar-refractivity contribution in [2.75, 3.05) is 13.6 Å². The summed E-state index contributed by atoms with van der Waals surface area (Å²) in [5.74, 6) is 1.33. The number of nitrogens with one attached hydrogen (secondary N) is 1. The van der Waals surface area contributed by atoms with Crippen LogP contribution in [0.15, 0.2) is 66.9 Å². The number of likely N-dealkylation sites (tertiary alicyclic amines) is 1. The first kappa shape index (κ1) is 19.0. The van der Waals surface area contributed by atoms with Crippen LogP contribution in [0, 0.1) is 0 Å². The normalized spacial score (nSPS) is 16.1. The Morgan fingerprint density at radius 1 is 1.10 bits per heavy atom. The van der Waals surface area contributed by atoms with Gasteiger partial charge in [0.15, 0.2) is 5.82 Å². The van der Waals surface area contributed by atoms with Crippen LogP contribution >= 0.6 is 0 Å². The third kappa shape index (κ3) is 3.66. The van der Waals surface area contributed by atoms with Crippen LogP contribution in [0.25, 0.3) is 11.0 Å². The summed E-state index contributed by atoms with van der Waals surface area (Å²) in [7, 11) is 1.80. The number of carbonyl (C=O) groups is 2. The Morgan fingerprint density at radius 3 is 2.65 bits per heavy atom. The maximum atomic E-state index is 12.8. The van der Waals surface area contributed by atoms with Crippen LogP contribution in [0.4, 0.5) is 0 Å². The van der Waals surface area contributed by atoms with Gasteiger partial charge < -0.3 is 14.6 Å². The molecule has 3 heterocycles. The number of carbonyl (C=O) groups excluding carboxylic acids is 2. The lowest BCUT2D eigenvalue weighted by atomic mass is 9.99. The molecule has 7 heteroatoms. The molecular formula is C24H20N4O3. The minimum Gasteiger partial charge on any atom is -0.439 e. The second-order valence-corrected chi connectivity index (χ2v) is 7.63. The predicted octanol–water partition coefficient (Wildman–Crippen LogP) is 3.93. The molecule has 1 aliphatic heterocycles. The number of hydrogen-bond acceptors (Lipinski definition) is 5. The lowest BCUT2D eigenvalue weighted by Crippen LogP contribution is -2.18. The molecule has 0 spiro atoms. The van der Waals surface area contributed by atoms with Crippen LogP contribution in [0.1, 0.15) is 34.1 Å². The lowest BCUT2D eigenvalue weighted by Gasteiger charge is -2.14. The summed E-state index contributed by atoms with van der Waals surface area (Å²) in [5, 5.41) is 0. The molecule has 1 amide bonds.